The van der Waals surface area contributed by atoms with Crippen LogP contribution in [0.3, 0.4) is 0 Å². The summed E-state index contributed by atoms with van der Waals surface area (Å²) in [5.74, 6) is 0.515. The molecule has 0 radical (unpaired) electrons. The Balaban J connectivity index is 2.36. The SMILES string of the molecule is Cc1ccc(C(C)C)cc1C1(O)CN(C)C1. The molecule has 1 N–H and O–H groups in total. The number of nitrogens with zero attached hydrogens (tertiary/aromatic N) is 1. The molecule has 1 aliphatic heterocycles. The molecule has 1 aromatic carbocycles. The second-order valence-corrected chi connectivity index (χ2v) is 5.43. The lowest BCUT2D eigenvalue weighted by Crippen LogP contribution is -2.57. The molecule has 2 nitrogen and oxygen atoms in total. The van der Waals surface area contributed by atoms with Gasteiger partial charge in [0.05, 0.1) is 0 Å². The van der Waals surface area contributed by atoms with E-state index in [0.29, 0.717) is 5.92 Å². The Morgan fingerprint density at radius 1 is 1.31 bits per heavy atom. The Kier molecular flexibility index (Phi) is 2.81. The van der Waals surface area contributed by atoms with Crippen molar-refractivity contribution in [3.05, 3.63) is 34.9 Å². The molecule has 2 heteroatoms. The number of hydrogen-bond acceptors (Lipinski definition) is 2. The van der Waals surface area contributed by atoms with E-state index >= 15 is 0 Å². The summed E-state index contributed by atoms with van der Waals surface area (Å²) < 4.78 is 0. The van der Waals surface area contributed by atoms with Gasteiger partial charge in [-0.25, -0.2) is 0 Å². The lowest BCUT2D eigenvalue weighted by molar-refractivity contribution is -0.0923. The Bertz CT molecular complexity index is 392. The highest BCUT2D eigenvalue weighted by Gasteiger charge is 2.41. The fourth-order valence-electron chi connectivity index (χ4n) is 2.52. The van der Waals surface area contributed by atoms with E-state index in [4.69, 9.17) is 0 Å². The van der Waals surface area contributed by atoms with Crippen molar-refractivity contribution in [1.29, 1.82) is 0 Å². The van der Waals surface area contributed by atoms with Gasteiger partial charge in [-0.05, 0) is 36.6 Å². The van der Waals surface area contributed by atoms with Crippen molar-refractivity contribution in [2.45, 2.75) is 32.3 Å². The van der Waals surface area contributed by atoms with Crippen LogP contribution in [-0.2, 0) is 5.60 Å². The van der Waals surface area contributed by atoms with Crippen LogP contribution < -0.4 is 0 Å². The van der Waals surface area contributed by atoms with Crippen LogP contribution in [0.1, 0.15) is 36.5 Å². The van der Waals surface area contributed by atoms with E-state index in [-0.39, 0.29) is 0 Å². The third kappa shape index (κ3) is 1.87. The molecule has 0 atom stereocenters. The first-order valence-electron chi connectivity index (χ1n) is 5.94. The number of β-amino-alcohol motifs (C(OH)–C–C–N with tert-alkyl or cyclic N) is 1. The number of rotatable bonds is 2. The van der Waals surface area contributed by atoms with E-state index in [1.54, 1.807) is 0 Å². The smallest absolute Gasteiger partial charge is 0.115 e. The predicted octanol–water partition coefficient (Wildman–Crippen LogP) is 2.25. The normalized spacial score (nSPS) is 19.9. The molecule has 0 aromatic heterocycles. The zero-order chi connectivity index (χ0) is 11.9. The number of benzene rings is 1. The van der Waals surface area contributed by atoms with Crippen LogP contribution in [0.4, 0.5) is 0 Å². The fourth-order valence-corrected chi connectivity index (χ4v) is 2.52. The van der Waals surface area contributed by atoms with Gasteiger partial charge in [0, 0.05) is 13.1 Å². The average molecular weight is 219 g/mol. The van der Waals surface area contributed by atoms with Gasteiger partial charge >= 0.3 is 0 Å². The van der Waals surface area contributed by atoms with Crippen molar-refractivity contribution in [3.63, 3.8) is 0 Å². The van der Waals surface area contributed by atoms with Gasteiger partial charge in [-0.15, -0.1) is 0 Å². The largest absolute Gasteiger partial charge is 0.382 e. The number of likely N-dealkylation sites (N-methyl/N-ethyl adjacent to an activating group) is 1. The quantitative estimate of drug-likeness (QED) is 0.824. The lowest BCUT2D eigenvalue weighted by atomic mass is 9.82. The maximum atomic E-state index is 10.5. The Labute approximate surface area is 97.9 Å². The van der Waals surface area contributed by atoms with Crippen LogP contribution in [0.5, 0.6) is 0 Å². The summed E-state index contributed by atoms with van der Waals surface area (Å²) in [6.07, 6.45) is 0. The minimum atomic E-state index is -0.621. The second-order valence-electron chi connectivity index (χ2n) is 5.43. The van der Waals surface area contributed by atoms with E-state index in [9.17, 15) is 5.11 Å². The number of aryl methyl sites for hydroxylation is 1. The van der Waals surface area contributed by atoms with E-state index in [1.807, 2.05) is 7.05 Å². The monoisotopic (exact) mass is 219 g/mol. The second kappa shape index (κ2) is 3.86. The zero-order valence-electron chi connectivity index (χ0n) is 10.6. The van der Waals surface area contributed by atoms with Gasteiger partial charge in [-0.1, -0.05) is 32.0 Å². The highest BCUT2D eigenvalue weighted by molar-refractivity contribution is 5.38. The number of hydrogen-bond donors (Lipinski definition) is 1. The molecule has 0 unspecified atom stereocenters. The van der Waals surface area contributed by atoms with Gasteiger partial charge in [-0.3, -0.25) is 4.90 Å². The van der Waals surface area contributed by atoms with Gasteiger partial charge in [0.2, 0.25) is 0 Å². The minimum absolute atomic E-state index is 0.515. The Morgan fingerprint density at radius 3 is 2.44 bits per heavy atom. The summed E-state index contributed by atoms with van der Waals surface area (Å²) in [6.45, 7) is 7.94. The molecule has 1 heterocycles. The molecule has 1 aromatic rings. The molecule has 1 aliphatic rings. The summed E-state index contributed by atoms with van der Waals surface area (Å²) in [7, 11) is 2.04. The van der Waals surface area contributed by atoms with Crippen LogP contribution in [-0.4, -0.2) is 30.1 Å². The van der Waals surface area contributed by atoms with E-state index in [2.05, 4.69) is 43.9 Å². The molecule has 0 bridgehead atoms. The molecule has 0 spiro atoms. The van der Waals surface area contributed by atoms with Crippen LogP contribution in [0.2, 0.25) is 0 Å². The predicted molar refractivity (Wildman–Crippen MR) is 66.7 cm³/mol. The Hall–Kier alpha value is -0.860. The maximum Gasteiger partial charge on any atom is 0.115 e. The van der Waals surface area contributed by atoms with Crippen molar-refractivity contribution in [2.75, 3.05) is 20.1 Å². The topological polar surface area (TPSA) is 23.5 Å². The third-order valence-electron chi connectivity index (χ3n) is 3.49. The van der Waals surface area contributed by atoms with Crippen LogP contribution in [0, 0.1) is 6.92 Å². The first kappa shape index (κ1) is 11.6. The molecular weight excluding hydrogens is 198 g/mol. The van der Waals surface area contributed by atoms with Crippen molar-refractivity contribution in [1.82, 2.24) is 4.90 Å². The zero-order valence-corrected chi connectivity index (χ0v) is 10.6. The first-order valence-corrected chi connectivity index (χ1v) is 5.94. The summed E-state index contributed by atoms with van der Waals surface area (Å²) >= 11 is 0. The molecule has 2 rings (SSSR count). The van der Waals surface area contributed by atoms with E-state index in [0.717, 1.165) is 18.7 Å². The first-order chi connectivity index (χ1) is 7.42. The van der Waals surface area contributed by atoms with Crippen LogP contribution in [0.25, 0.3) is 0 Å². The Morgan fingerprint density at radius 2 is 1.94 bits per heavy atom. The van der Waals surface area contributed by atoms with Crippen LogP contribution >= 0.6 is 0 Å². The van der Waals surface area contributed by atoms with Gasteiger partial charge in [-0.2, -0.15) is 0 Å². The molecule has 1 saturated heterocycles. The van der Waals surface area contributed by atoms with Gasteiger partial charge in [0.1, 0.15) is 5.60 Å². The summed E-state index contributed by atoms with van der Waals surface area (Å²) in [6, 6.07) is 6.46. The highest BCUT2D eigenvalue weighted by Crippen LogP contribution is 2.34. The van der Waals surface area contributed by atoms with Crippen molar-refractivity contribution < 1.29 is 5.11 Å². The highest BCUT2D eigenvalue weighted by atomic mass is 16.3. The summed E-state index contributed by atoms with van der Waals surface area (Å²) in [4.78, 5) is 2.14. The van der Waals surface area contributed by atoms with Crippen molar-refractivity contribution in [3.8, 4) is 0 Å². The average Bonchev–Trinajstić information content (AvgIpc) is 2.15. The van der Waals surface area contributed by atoms with Gasteiger partial charge in [0.15, 0.2) is 0 Å². The molecule has 0 saturated carbocycles. The summed E-state index contributed by atoms with van der Waals surface area (Å²) in [5.41, 5.74) is 2.99. The fraction of sp³-hybridized carbons (Fsp3) is 0.571. The molecule has 16 heavy (non-hydrogen) atoms. The van der Waals surface area contributed by atoms with E-state index in [1.165, 1.54) is 11.1 Å². The summed E-state index contributed by atoms with van der Waals surface area (Å²) in [5, 5.41) is 10.5. The molecule has 0 aliphatic carbocycles. The van der Waals surface area contributed by atoms with E-state index < -0.39 is 5.60 Å². The standard InChI is InChI=1S/C14H21NO/c1-10(2)12-6-5-11(3)13(7-12)14(16)8-15(4)9-14/h5-7,10,16H,8-9H2,1-4H3. The molecule has 0 amide bonds. The number of aliphatic hydroxyl groups is 1. The lowest BCUT2D eigenvalue weighted by Gasteiger charge is -2.45. The minimum Gasteiger partial charge on any atom is -0.382 e. The molecule has 1 fully saturated rings. The van der Waals surface area contributed by atoms with Gasteiger partial charge < -0.3 is 5.11 Å². The van der Waals surface area contributed by atoms with Crippen molar-refractivity contribution in [2.24, 2.45) is 0 Å². The van der Waals surface area contributed by atoms with Crippen LogP contribution in [0.15, 0.2) is 18.2 Å². The van der Waals surface area contributed by atoms with Gasteiger partial charge in [0.25, 0.3) is 0 Å². The maximum absolute atomic E-state index is 10.5. The molecule has 88 valence electrons. The molecular formula is C14H21NO. The number of likely N-dealkylation sites (tertiary alicyclic amines) is 1. The third-order valence-corrected chi connectivity index (χ3v) is 3.49. The van der Waals surface area contributed by atoms with Crippen molar-refractivity contribution >= 4 is 0 Å².